The van der Waals surface area contributed by atoms with Crippen molar-refractivity contribution in [3.05, 3.63) is 0 Å². The van der Waals surface area contributed by atoms with E-state index in [0.717, 1.165) is 122 Å². The first-order valence-corrected chi connectivity index (χ1v) is 30.0. The Morgan fingerprint density at radius 1 is 0.413 bits per heavy atom. The highest BCUT2D eigenvalue weighted by Gasteiger charge is 2.45. The van der Waals surface area contributed by atoms with Crippen molar-refractivity contribution in [3.8, 4) is 0 Å². The van der Waals surface area contributed by atoms with Crippen molar-refractivity contribution in [3.63, 3.8) is 0 Å². The minimum absolute atomic E-state index is 0.107. The largest absolute Gasteiger partial charge is 0.465 e. The van der Waals surface area contributed by atoms with E-state index in [-0.39, 0.29) is 108 Å². The van der Waals surface area contributed by atoms with Crippen LogP contribution in [0.1, 0.15) is 246 Å². The SMILES string of the molecule is CCCCCCCCC(=O)OCC(COC(=O)CCCCCCCC)CC(=O)OC[C@H]1C[C@H](COC(=O)CC(COC(=O)CCCCCCCC)COC(=O)CCCCCCCC)N1C(=O)OC1CCCN(C)CC1. The molecule has 3 atom stereocenters. The summed E-state index contributed by atoms with van der Waals surface area (Å²) in [7, 11) is 2.03. The number of hydrogen-bond donors (Lipinski definition) is 0. The molecule has 2 aliphatic rings. The molecule has 0 bridgehead atoms. The molecule has 75 heavy (non-hydrogen) atoms. The molecule has 0 aromatic heterocycles. The van der Waals surface area contributed by atoms with Gasteiger partial charge in [-0.25, -0.2) is 4.79 Å². The van der Waals surface area contributed by atoms with Gasteiger partial charge in [-0.2, -0.15) is 0 Å². The molecule has 0 aromatic rings. The molecule has 1 unspecified atom stereocenters. The van der Waals surface area contributed by atoms with E-state index in [1.54, 1.807) is 0 Å². The molecule has 16 nitrogen and oxygen atoms in total. The zero-order valence-electron chi connectivity index (χ0n) is 47.7. The van der Waals surface area contributed by atoms with Gasteiger partial charge in [0, 0.05) is 44.1 Å². The third-order valence-corrected chi connectivity index (χ3v) is 14.3. The summed E-state index contributed by atoms with van der Waals surface area (Å²) in [6, 6.07) is -1.13. The highest BCUT2D eigenvalue weighted by atomic mass is 16.6. The Morgan fingerprint density at radius 2 is 0.747 bits per heavy atom. The number of esters is 6. The fourth-order valence-corrected chi connectivity index (χ4v) is 9.46. The lowest BCUT2D eigenvalue weighted by molar-refractivity contribution is -0.159. The molecule has 16 heteroatoms. The first-order chi connectivity index (χ1) is 36.4. The fraction of sp³-hybridized carbons (Fsp3) is 0.881. The third kappa shape index (κ3) is 34.4. The third-order valence-electron chi connectivity index (χ3n) is 14.3. The van der Waals surface area contributed by atoms with Crippen LogP contribution in [0.3, 0.4) is 0 Å². The molecule has 434 valence electrons. The number of likely N-dealkylation sites (tertiary alicyclic amines) is 2. The van der Waals surface area contributed by atoms with E-state index in [1.165, 1.54) is 30.6 Å². The summed E-state index contributed by atoms with van der Waals surface area (Å²) in [5.41, 5.74) is 0. The number of carbonyl (C=O) groups is 7. The van der Waals surface area contributed by atoms with Crippen LogP contribution in [0.2, 0.25) is 0 Å². The molecule has 1 amide bonds. The van der Waals surface area contributed by atoms with Crippen LogP contribution in [0.25, 0.3) is 0 Å². The van der Waals surface area contributed by atoms with Crippen LogP contribution in [0.5, 0.6) is 0 Å². The predicted molar refractivity (Wildman–Crippen MR) is 290 cm³/mol. The van der Waals surface area contributed by atoms with Crippen molar-refractivity contribution in [1.29, 1.82) is 0 Å². The second-order valence-electron chi connectivity index (χ2n) is 21.5. The Hall–Kier alpha value is -3.95. The lowest BCUT2D eigenvalue weighted by Gasteiger charge is -2.47. The molecule has 2 aliphatic heterocycles. The Labute approximate surface area is 452 Å². The van der Waals surface area contributed by atoms with Crippen molar-refractivity contribution >= 4 is 41.9 Å². The quantitative estimate of drug-likeness (QED) is 0.0318. The monoisotopic (exact) mass is 1060 g/mol. The first-order valence-electron chi connectivity index (χ1n) is 30.0. The lowest BCUT2D eigenvalue weighted by Crippen LogP contribution is -2.62. The van der Waals surface area contributed by atoms with E-state index < -0.39 is 42.0 Å². The lowest BCUT2D eigenvalue weighted by atomic mass is 9.94. The standard InChI is InChI=1S/C59H104N2O14/c1-6-10-14-18-22-26-32-53(62)69-42-48(43-70-54(63)33-27-23-19-15-11-7-2)39-57(66)73-46-50-41-51(61(50)59(68)75-52-31-30-37-60(5)38-36-52)47-74-58(67)40-49(44-71-55(64)34-28-24-20-16-12-8-3)45-72-56(65)35-29-25-21-17-13-9-4/h48-52H,6-47H2,1-5H3/t50-,51-,52?/m1/s1. The van der Waals surface area contributed by atoms with Crippen molar-refractivity contribution < 1.29 is 66.7 Å². The second kappa shape index (κ2) is 44.1. The minimum atomic E-state index is -0.626. The zero-order chi connectivity index (χ0) is 54.7. The van der Waals surface area contributed by atoms with Gasteiger partial charge < -0.3 is 38.1 Å². The van der Waals surface area contributed by atoms with Crippen LogP contribution >= 0.6 is 0 Å². The number of ether oxygens (including phenoxy) is 7. The minimum Gasteiger partial charge on any atom is -0.465 e. The van der Waals surface area contributed by atoms with Gasteiger partial charge in [0.05, 0.1) is 51.4 Å². The van der Waals surface area contributed by atoms with Gasteiger partial charge in [-0.1, -0.05) is 156 Å². The summed E-state index contributed by atoms with van der Waals surface area (Å²) in [6.45, 7) is 9.57. The maximum Gasteiger partial charge on any atom is 0.410 e. The van der Waals surface area contributed by atoms with Crippen molar-refractivity contribution in [2.24, 2.45) is 11.8 Å². The molecule has 0 aromatic carbocycles. The number of amides is 1. The van der Waals surface area contributed by atoms with Crippen LogP contribution in [0.4, 0.5) is 4.79 Å². The summed E-state index contributed by atoms with van der Waals surface area (Å²) >= 11 is 0. The molecule has 0 spiro atoms. The molecule has 0 aliphatic carbocycles. The van der Waals surface area contributed by atoms with Gasteiger partial charge in [0.25, 0.3) is 0 Å². The molecule has 2 heterocycles. The topological polar surface area (TPSA) is 191 Å². The molecular weight excluding hydrogens is 961 g/mol. The normalized spacial score (nSPS) is 16.7. The van der Waals surface area contributed by atoms with Crippen molar-refractivity contribution in [2.75, 3.05) is 59.8 Å². The Kier molecular flexibility index (Phi) is 39.5. The Morgan fingerprint density at radius 3 is 1.09 bits per heavy atom. The zero-order valence-corrected chi connectivity index (χ0v) is 47.7. The van der Waals surface area contributed by atoms with Crippen LogP contribution in [0.15, 0.2) is 0 Å². The van der Waals surface area contributed by atoms with Crippen molar-refractivity contribution in [1.82, 2.24) is 9.80 Å². The summed E-state index contributed by atoms with van der Waals surface area (Å²) < 4.78 is 39.9. The summed E-state index contributed by atoms with van der Waals surface area (Å²) in [5.74, 6) is -3.90. The summed E-state index contributed by atoms with van der Waals surface area (Å²) in [4.78, 5) is 95.3. The molecule has 0 saturated carbocycles. The van der Waals surface area contributed by atoms with Crippen LogP contribution in [-0.2, 0) is 61.9 Å². The van der Waals surface area contributed by atoms with Crippen molar-refractivity contribution in [2.45, 2.75) is 264 Å². The maximum absolute atomic E-state index is 13.9. The van der Waals surface area contributed by atoms with E-state index in [4.69, 9.17) is 33.2 Å². The number of unbranched alkanes of at least 4 members (excludes halogenated alkanes) is 20. The molecule has 2 saturated heterocycles. The molecular formula is C59H104N2O14. The van der Waals surface area contributed by atoms with Gasteiger partial charge in [-0.05, 0) is 65.0 Å². The number of nitrogens with zero attached hydrogens (tertiary/aromatic N) is 2. The van der Waals surface area contributed by atoms with Gasteiger partial charge in [-0.3, -0.25) is 33.7 Å². The highest BCUT2D eigenvalue weighted by Crippen LogP contribution is 2.30. The average molecular weight is 1070 g/mol. The van der Waals surface area contributed by atoms with E-state index in [1.807, 2.05) is 7.05 Å². The van der Waals surface area contributed by atoms with E-state index in [9.17, 15) is 33.6 Å². The van der Waals surface area contributed by atoms with Gasteiger partial charge in [-0.15, -0.1) is 0 Å². The van der Waals surface area contributed by atoms with E-state index in [0.29, 0.717) is 44.9 Å². The average Bonchev–Trinajstić information content (AvgIpc) is 3.59. The van der Waals surface area contributed by atoms with Crippen LogP contribution < -0.4 is 0 Å². The van der Waals surface area contributed by atoms with Gasteiger partial charge in [0.1, 0.15) is 19.3 Å². The van der Waals surface area contributed by atoms with Gasteiger partial charge in [0.2, 0.25) is 0 Å². The molecule has 0 N–H and O–H groups in total. The molecule has 0 radical (unpaired) electrons. The van der Waals surface area contributed by atoms with E-state index in [2.05, 4.69) is 32.6 Å². The van der Waals surface area contributed by atoms with Gasteiger partial charge >= 0.3 is 41.9 Å². The first kappa shape index (κ1) is 67.2. The van der Waals surface area contributed by atoms with Crippen LogP contribution in [-0.4, -0.2) is 130 Å². The van der Waals surface area contributed by atoms with Crippen LogP contribution in [0, 0.1) is 11.8 Å². The highest BCUT2D eigenvalue weighted by molar-refractivity contribution is 5.73. The summed E-state index contributed by atoms with van der Waals surface area (Å²) in [5, 5.41) is 0. The Bertz CT molecular complexity index is 1410. The molecule has 2 rings (SSSR count). The number of hydrogen-bond acceptors (Lipinski definition) is 15. The summed E-state index contributed by atoms with van der Waals surface area (Å²) in [6.07, 6.45) is 27.0. The predicted octanol–water partition coefficient (Wildman–Crippen LogP) is 12.3. The second-order valence-corrected chi connectivity index (χ2v) is 21.5. The fourth-order valence-electron chi connectivity index (χ4n) is 9.46. The smallest absolute Gasteiger partial charge is 0.410 e. The maximum atomic E-state index is 13.9. The van der Waals surface area contributed by atoms with E-state index >= 15 is 0 Å². The Balaban J connectivity index is 2.08. The number of carbonyl (C=O) groups excluding carboxylic acids is 7. The van der Waals surface area contributed by atoms with Gasteiger partial charge in [0.15, 0.2) is 0 Å². The molecule has 2 fully saturated rings. The number of rotatable bonds is 45.